The summed E-state index contributed by atoms with van der Waals surface area (Å²) in [6.07, 6.45) is -0.0607. The first kappa shape index (κ1) is 16.0. The van der Waals surface area contributed by atoms with Gasteiger partial charge in [0.15, 0.2) is 9.84 Å². The molecule has 1 rings (SSSR count). The Kier molecular flexibility index (Phi) is 4.63. The highest BCUT2D eigenvalue weighted by atomic mass is 32.2. The van der Waals surface area contributed by atoms with E-state index in [0.29, 0.717) is 11.3 Å². The fourth-order valence-electron chi connectivity index (χ4n) is 1.64. The van der Waals surface area contributed by atoms with E-state index in [4.69, 9.17) is 4.74 Å². The fourth-order valence-corrected chi connectivity index (χ4v) is 2.18. The SMILES string of the molecule is CC(C)Oc1ccccc1C(O)C(C)(C)S(C)(=O)=O. The summed E-state index contributed by atoms with van der Waals surface area (Å²) < 4.78 is 27.9. The molecule has 0 aliphatic carbocycles. The maximum Gasteiger partial charge on any atom is 0.155 e. The van der Waals surface area contributed by atoms with Crippen molar-refractivity contribution in [2.45, 2.75) is 44.6 Å². The molecule has 1 aromatic rings. The third-order valence-corrected chi connectivity index (χ3v) is 5.33. The van der Waals surface area contributed by atoms with Gasteiger partial charge in [0.2, 0.25) is 0 Å². The van der Waals surface area contributed by atoms with Gasteiger partial charge in [0.05, 0.1) is 10.9 Å². The summed E-state index contributed by atoms with van der Waals surface area (Å²) in [7, 11) is -3.40. The molecule has 0 spiro atoms. The van der Waals surface area contributed by atoms with E-state index in [9.17, 15) is 13.5 Å². The van der Waals surface area contributed by atoms with E-state index in [2.05, 4.69) is 0 Å². The van der Waals surface area contributed by atoms with Gasteiger partial charge < -0.3 is 9.84 Å². The minimum atomic E-state index is -3.40. The largest absolute Gasteiger partial charge is 0.491 e. The summed E-state index contributed by atoms with van der Waals surface area (Å²) in [5, 5.41) is 10.4. The Morgan fingerprint density at radius 1 is 1.21 bits per heavy atom. The highest BCUT2D eigenvalue weighted by Crippen LogP contribution is 2.36. The summed E-state index contributed by atoms with van der Waals surface area (Å²) in [5.41, 5.74) is 0.492. The summed E-state index contributed by atoms with van der Waals surface area (Å²) in [6, 6.07) is 6.97. The molecule has 5 heteroatoms. The van der Waals surface area contributed by atoms with Crippen LogP contribution in [0.4, 0.5) is 0 Å². The molecule has 1 N–H and O–H groups in total. The number of para-hydroxylation sites is 1. The lowest BCUT2D eigenvalue weighted by Gasteiger charge is -2.30. The zero-order valence-electron chi connectivity index (χ0n) is 12.0. The predicted molar refractivity (Wildman–Crippen MR) is 76.1 cm³/mol. The van der Waals surface area contributed by atoms with Crippen LogP contribution >= 0.6 is 0 Å². The van der Waals surface area contributed by atoms with Gasteiger partial charge in [-0.2, -0.15) is 0 Å². The lowest BCUT2D eigenvalue weighted by atomic mass is 9.97. The molecule has 0 fully saturated rings. The third kappa shape index (κ3) is 3.48. The van der Waals surface area contributed by atoms with Crippen molar-refractivity contribution in [3.63, 3.8) is 0 Å². The van der Waals surface area contributed by atoms with Crippen molar-refractivity contribution < 1.29 is 18.3 Å². The van der Waals surface area contributed by atoms with Crippen LogP contribution in [-0.2, 0) is 9.84 Å². The van der Waals surface area contributed by atoms with Crippen molar-refractivity contribution >= 4 is 9.84 Å². The topological polar surface area (TPSA) is 63.6 Å². The number of benzene rings is 1. The Labute approximate surface area is 115 Å². The maximum atomic E-state index is 11.8. The van der Waals surface area contributed by atoms with Gasteiger partial charge in [-0.1, -0.05) is 18.2 Å². The molecular formula is C14H22O4S. The van der Waals surface area contributed by atoms with Gasteiger partial charge in [-0.15, -0.1) is 0 Å². The second-order valence-corrected chi connectivity index (χ2v) is 8.08. The molecule has 0 saturated heterocycles. The van der Waals surface area contributed by atoms with E-state index in [1.165, 1.54) is 13.8 Å². The normalized spacial score (nSPS) is 14.5. The highest BCUT2D eigenvalue weighted by Gasteiger charge is 2.40. The zero-order chi connectivity index (χ0) is 14.8. The molecule has 1 unspecified atom stereocenters. The lowest BCUT2D eigenvalue weighted by Crippen LogP contribution is -2.38. The minimum Gasteiger partial charge on any atom is -0.491 e. The van der Waals surface area contributed by atoms with E-state index in [0.717, 1.165) is 6.26 Å². The monoisotopic (exact) mass is 286 g/mol. The molecule has 0 bridgehead atoms. The van der Waals surface area contributed by atoms with Crippen LogP contribution in [0.3, 0.4) is 0 Å². The number of aliphatic hydroxyl groups excluding tert-OH is 1. The number of rotatable bonds is 5. The Bertz CT molecular complexity index is 532. The van der Waals surface area contributed by atoms with Crippen LogP contribution in [0.2, 0.25) is 0 Å². The van der Waals surface area contributed by atoms with Gasteiger partial charge in [-0.25, -0.2) is 8.42 Å². The van der Waals surface area contributed by atoms with Gasteiger partial charge in [-0.3, -0.25) is 0 Å². The quantitative estimate of drug-likeness (QED) is 0.902. The van der Waals surface area contributed by atoms with Crippen LogP contribution in [0.5, 0.6) is 5.75 Å². The Hall–Kier alpha value is -1.07. The molecule has 0 heterocycles. The predicted octanol–water partition coefficient (Wildman–Crippen LogP) is 2.33. The summed E-state index contributed by atoms with van der Waals surface area (Å²) in [6.45, 7) is 6.79. The van der Waals surface area contributed by atoms with Crippen molar-refractivity contribution in [1.29, 1.82) is 0 Å². The first-order chi connectivity index (χ1) is 8.57. The molecule has 0 aromatic heterocycles. The maximum absolute atomic E-state index is 11.8. The third-order valence-electron chi connectivity index (χ3n) is 3.19. The molecule has 0 saturated carbocycles. The number of hydrogen-bond acceptors (Lipinski definition) is 4. The minimum absolute atomic E-state index is 0.0466. The van der Waals surface area contributed by atoms with Gasteiger partial charge in [0.1, 0.15) is 11.9 Å². The van der Waals surface area contributed by atoms with Crippen LogP contribution in [0.1, 0.15) is 39.4 Å². The zero-order valence-corrected chi connectivity index (χ0v) is 12.9. The van der Waals surface area contributed by atoms with Crippen molar-refractivity contribution in [3.05, 3.63) is 29.8 Å². The number of sulfone groups is 1. The molecule has 1 atom stereocenters. The van der Waals surface area contributed by atoms with Crippen LogP contribution in [0.25, 0.3) is 0 Å². The summed E-state index contributed by atoms with van der Waals surface area (Å²) >= 11 is 0. The summed E-state index contributed by atoms with van der Waals surface area (Å²) in [5.74, 6) is 0.515. The molecule has 19 heavy (non-hydrogen) atoms. The van der Waals surface area contributed by atoms with Gasteiger partial charge in [0, 0.05) is 11.8 Å². The molecule has 0 aliphatic heterocycles. The van der Waals surface area contributed by atoms with E-state index < -0.39 is 20.7 Å². The first-order valence-corrected chi connectivity index (χ1v) is 8.09. The Morgan fingerprint density at radius 2 is 1.74 bits per heavy atom. The van der Waals surface area contributed by atoms with Gasteiger partial charge >= 0.3 is 0 Å². The number of aliphatic hydroxyl groups is 1. The van der Waals surface area contributed by atoms with E-state index in [1.54, 1.807) is 24.3 Å². The van der Waals surface area contributed by atoms with Crippen LogP contribution < -0.4 is 4.74 Å². The van der Waals surface area contributed by atoms with Crippen LogP contribution in [0.15, 0.2) is 24.3 Å². The first-order valence-electron chi connectivity index (χ1n) is 6.20. The van der Waals surface area contributed by atoms with E-state index in [-0.39, 0.29) is 6.10 Å². The fraction of sp³-hybridized carbons (Fsp3) is 0.571. The van der Waals surface area contributed by atoms with Crippen molar-refractivity contribution in [2.75, 3.05) is 6.26 Å². The number of ether oxygens (including phenoxy) is 1. The molecule has 0 aliphatic rings. The standard InChI is InChI=1S/C14H22O4S/c1-10(2)18-12-9-7-6-8-11(12)13(15)14(3,4)19(5,16)17/h6-10,13,15H,1-5H3. The Morgan fingerprint density at radius 3 is 2.21 bits per heavy atom. The van der Waals surface area contributed by atoms with Crippen LogP contribution in [0, 0.1) is 0 Å². The van der Waals surface area contributed by atoms with Crippen molar-refractivity contribution in [3.8, 4) is 5.75 Å². The second-order valence-electron chi connectivity index (χ2n) is 5.48. The highest BCUT2D eigenvalue weighted by molar-refractivity contribution is 7.92. The molecule has 0 amide bonds. The summed E-state index contributed by atoms with van der Waals surface area (Å²) in [4.78, 5) is 0. The molecular weight excluding hydrogens is 264 g/mol. The van der Waals surface area contributed by atoms with Crippen molar-refractivity contribution in [1.82, 2.24) is 0 Å². The van der Waals surface area contributed by atoms with E-state index in [1.807, 2.05) is 13.8 Å². The molecule has 1 aromatic carbocycles. The van der Waals surface area contributed by atoms with Crippen molar-refractivity contribution in [2.24, 2.45) is 0 Å². The molecule has 4 nitrogen and oxygen atoms in total. The smallest absolute Gasteiger partial charge is 0.155 e. The van der Waals surface area contributed by atoms with Crippen LogP contribution in [-0.4, -0.2) is 30.6 Å². The number of hydrogen-bond donors (Lipinski definition) is 1. The van der Waals surface area contributed by atoms with Gasteiger partial charge in [0.25, 0.3) is 0 Å². The van der Waals surface area contributed by atoms with E-state index >= 15 is 0 Å². The second kappa shape index (κ2) is 5.51. The lowest BCUT2D eigenvalue weighted by molar-refractivity contribution is 0.131. The average Bonchev–Trinajstić information content (AvgIpc) is 2.26. The van der Waals surface area contributed by atoms with Gasteiger partial charge in [-0.05, 0) is 33.8 Å². The Balaban J connectivity index is 3.23. The molecule has 108 valence electrons. The molecule has 0 radical (unpaired) electrons. The average molecular weight is 286 g/mol.